The van der Waals surface area contributed by atoms with Crippen LogP contribution in [-0.4, -0.2) is 6.54 Å². The molecule has 0 bridgehead atoms. The van der Waals surface area contributed by atoms with Crippen molar-refractivity contribution in [2.45, 2.75) is 20.1 Å². The van der Waals surface area contributed by atoms with E-state index >= 15 is 0 Å². The molecule has 2 aromatic carbocycles. The summed E-state index contributed by atoms with van der Waals surface area (Å²) < 4.78 is 6.96. The minimum absolute atomic E-state index is 0.527. The molecule has 0 spiro atoms. The van der Waals surface area contributed by atoms with Gasteiger partial charge in [0.25, 0.3) is 0 Å². The molecule has 0 fully saturated rings. The van der Waals surface area contributed by atoms with Crippen LogP contribution in [-0.2, 0) is 13.2 Å². The van der Waals surface area contributed by atoms with Crippen molar-refractivity contribution in [2.75, 3.05) is 6.54 Å². The summed E-state index contributed by atoms with van der Waals surface area (Å²) in [5.41, 5.74) is 2.12. The van der Waals surface area contributed by atoms with E-state index in [1.165, 1.54) is 0 Å². The summed E-state index contributed by atoms with van der Waals surface area (Å²) in [7, 11) is 0. The lowest BCUT2D eigenvalue weighted by atomic mass is 10.2. The summed E-state index contributed by atoms with van der Waals surface area (Å²) in [6.07, 6.45) is 0. The van der Waals surface area contributed by atoms with Crippen LogP contribution in [0.1, 0.15) is 18.1 Å². The summed E-state index contributed by atoms with van der Waals surface area (Å²) in [6, 6.07) is 13.8. The topological polar surface area (TPSA) is 21.3 Å². The van der Waals surface area contributed by atoms with Crippen molar-refractivity contribution in [3.05, 3.63) is 63.1 Å². The van der Waals surface area contributed by atoms with E-state index in [9.17, 15) is 0 Å². The van der Waals surface area contributed by atoms with Crippen molar-refractivity contribution in [3.8, 4) is 5.75 Å². The first-order valence-corrected chi connectivity index (χ1v) is 7.73. The van der Waals surface area contributed by atoms with E-state index < -0.39 is 0 Å². The maximum absolute atomic E-state index is 6.24. The zero-order valence-corrected chi connectivity index (χ0v) is 13.7. The number of benzene rings is 2. The zero-order valence-electron chi connectivity index (χ0n) is 11.3. The second kappa shape index (κ2) is 7.67. The van der Waals surface area contributed by atoms with Gasteiger partial charge < -0.3 is 10.1 Å². The van der Waals surface area contributed by atoms with Gasteiger partial charge in [-0.2, -0.15) is 0 Å². The first-order valence-electron chi connectivity index (χ1n) is 6.56. The monoisotopic (exact) mass is 353 g/mol. The molecular formula is C16H17BrClNO. The fourth-order valence-electron chi connectivity index (χ4n) is 1.88. The Bertz CT molecular complexity index is 574. The Labute approximate surface area is 133 Å². The summed E-state index contributed by atoms with van der Waals surface area (Å²) >= 11 is 9.71. The highest BCUT2D eigenvalue weighted by molar-refractivity contribution is 9.10. The molecule has 0 saturated carbocycles. The van der Waals surface area contributed by atoms with E-state index in [0.717, 1.165) is 32.9 Å². The second-order valence-corrected chi connectivity index (χ2v) is 5.74. The summed E-state index contributed by atoms with van der Waals surface area (Å²) in [5, 5.41) is 4.02. The highest BCUT2D eigenvalue weighted by Gasteiger charge is 2.08. The lowest BCUT2D eigenvalue weighted by Crippen LogP contribution is -2.13. The minimum atomic E-state index is 0.527. The molecule has 0 aromatic heterocycles. The van der Waals surface area contributed by atoms with E-state index in [1.807, 2.05) is 36.4 Å². The highest BCUT2D eigenvalue weighted by Crippen LogP contribution is 2.27. The Kier molecular flexibility index (Phi) is 5.89. The molecule has 2 aromatic rings. The molecule has 2 rings (SSSR count). The summed E-state index contributed by atoms with van der Waals surface area (Å²) in [6.45, 7) is 4.21. The molecule has 2 nitrogen and oxygen atoms in total. The molecule has 0 unspecified atom stereocenters. The van der Waals surface area contributed by atoms with Gasteiger partial charge in [0.1, 0.15) is 12.4 Å². The third kappa shape index (κ3) is 4.23. The Balaban J connectivity index is 2.10. The lowest BCUT2D eigenvalue weighted by molar-refractivity contribution is 0.302. The van der Waals surface area contributed by atoms with E-state index in [-0.39, 0.29) is 0 Å². The number of rotatable bonds is 6. The molecule has 0 heterocycles. The van der Waals surface area contributed by atoms with Crippen molar-refractivity contribution >= 4 is 27.5 Å². The van der Waals surface area contributed by atoms with Crippen LogP contribution in [0.15, 0.2) is 46.9 Å². The first-order chi connectivity index (χ1) is 9.70. The van der Waals surface area contributed by atoms with E-state index in [2.05, 4.69) is 34.2 Å². The zero-order chi connectivity index (χ0) is 14.4. The van der Waals surface area contributed by atoms with Crippen molar-refractivity contribution in [1.82, 2.24) is 5.32 Å². The molecule has 20 heavy (non-hydrogen) atoms. The lowest BCUT2D eigenvalue weighted by Gasteiger charge is -2.13. The molecule has 0 aliphatic carbocycles. The van der Waals surface area contributed by atoms with Crippen molar-refractivity contribution in [3.63, 3.8) is 0 Å². The molecule has 0 aliphatic rings. The predicted molar refractivity (Wildman–Crippen MR) is 87.3 cm³/mol. The smallest absolute Gasteiger partial charge is 0.125 e. The first kappa shape index (κ1) is 15.4. The van der Waals surface area contributed by atoms with Gasteiger partial charge in [0, 0.05) is 21.6 Å². The van der Waals surface area contributed by atoms with Gasteiger partial charge in [-0.25, -0.2) is 0 Å². The number of ether oxygens (including phenoxy) is 1. The fourth-order valence-corrected chi connectivity index (χ4v) is 2.56. The number of hydrogen-bond donors (Lipinski definition) is 1. The Morgan fingerprint density at radius 3 is 2.75 bits per heavy atom. The van der Waals surface area contributed by atoms with Crippen LogP contribution in [0.4, 0.5) is 0 Å². The Hall–Kier alpha value is -1.03. The average Bonchev–Trinajstić information content (AvgIpc) is 2.44. The SMILES string of the molecule is CCNCc1c(Cl)cccc1OCc1cccc(Br)c1. The van der Waals surface area contributed by atoms with Crippen LogP contribution in [0.25, 0.3) is 0 Å². The predicted octanol–water partition coefficient (Wildman–Crippen LogP) is 4.79. The molecule has 0 saturated heterocycles. The average molecular weight is 355 g/mol. The van der Waals surface area contributed by atoms with Crippen LogP contribution < -0.4 is 10.1 Å². The highest BCUT2D eigenvalue weighted by atomic mass is 79.9. The normalized spacial score (nSPS) is 10.6. The molecule has 106 valence electrons. The molecular weight excluding hydrogens is 338 g/mol. The van der Waals surface area contributed by atoms with Gasteiger partial charge in [-0.3, -0.25) is 0 Å². The second-order valence-electron chi connectivity index (χ2n) is 4.42. The van der Waals surface area contributed by atoms with Crippen molar-refractivity contribution in [2.24, 2.45) is 0 Å². The van der Waals surface area contributed by atoms with Crippen molar-refractivity contribution in [1.29, 1.82) is 0 Å². The summed E-state index contributed by atoms with van der Waals surface area (Å²) in [5.74, 6) is 0.832. The summed E-state index contributed by atoms with van der Waals surface area (Å²) in [4.78, 5) is 0. The van der Waals surface area contributed by atoms with Gasteiger partial charge in [-0.15, -0.1) is 0 Å². The third-order valence-corrected chi connectivity index (χ3v) is 3.76. The molecule has 4 heteroatoms. The van der Waals surface area contributed by atoms with Gasteiger partial charge in [-0.05, 0) is 36.4 Å². The largest absolute Gasteiger partial charge is 0.489 e. The number of hydrogen-bond acceptors (Lipinski definition) is 2. The van der Waals surface area contributed by atoms with Gasteiger partial charge in [-0.1, -0.05) is 52.7 Å². The minimum Gasteiger partial charge on any atom is -0.489 e. The molecule has 0 aliphatic heterocycles. The number of halogens is 2. The van der Waals surface area contributed by atoms with Crippen LogP contribution in [0.2, 0.25) is 5.02 Å². The van der Waals surface area contributed by atoms with Crippen LogP contribution in [0.3, 0.4) is 0 Å². The number of nitrogens with one attached hydrogen (secondary N) is 1. The molecule has 0 amide bonds. The van der Waals surface area contributed by atoms with E-state index in [4.69, 9.17) is 16.3 Å². The standard InChI is InChI=1S/C16H17BrClNO/c1-2-19-10-14-15(18)7-4-8-16(14)20-11-12-5-3-6-13(17)9-12/h3-9,19H,2,10-11H2,1H3. The quantitative estimate of drug-likeness (QED) is 0.805. The molecule has 1 N–H and O–H groups in total. The van der Waals surface area contributed by atoms with Gasteiger partial charge >= 0.3 is 0 Å². The Morgan fingerprint density at radius 2 is 2.00 bits per heavy atom. The fraction of sp³-hybridized carbons (Fsp3) is 0.250. The van der Waals surface area contributed by atoms with Gasteiger partial charge in [0.15, 0.2) is 0 Å². The van der Waals surface area contributed by atoms with Crippen molar-refractivity contribution < 1.29 is 4.74 Å². The van der Waals surface area contributed by atoms with E-state index in [1.54, 1.807) is 0 Å². The van der Waals surface area contributed by atoms with Crippen LogP contribution in [0, 0.1) is 0 Å². The maximum atomic E-state index is 6.24. The molecule has 0 atom stereocenters. The molecule has 0 radical (unpaired) electrons. The van der Waals surface area contributed by atoms with Crippen LogP contribution in [0.5, 0.6) is 5.75 Å². The van der Waals surface area contributed by atoms with Crippen LogP contribution >= 0.6 is 27.5 Å². The van der Waals surface area contributed by atoms with E-state index in [0.29, 0.717) is 13.2 Å². The van der Waals surface area contributed by atoms with Gasteiger partial charge in [0.05, 0.1) is 0 Å². The Morgan fingerprint density at radius 1 is 1.20 bits per heavy atom. The third-order valence-electron chi connectivity index (χ3n) is 2.91. The maximum Gasteiger partial charge on any atom is 0.125 e. The van der Waals surface area contributed by atoms with Gasteiger partial charge in [0.2, 0.25) is 0 Å².